The Kier molecular flexibility index (Phi) is 9.92. The fourth-order valence-corrected chi connectivity index (χ4v) is 3.97. The maximum Gasteiger partial charge on any atom is 0.416 e. The fraction of sp³-hybridized carbons (Fsp3) is 0.276. The first-order chi connectivity index (χ1) is 18.7. The molecule has 0 aliphatic heterocycles. The van der Waals surface area contributed by atoms with Gasteiger partial charge in [0.1, 0.15) is 11.5 Å². The van der Waals surface area contributed by atoms with Gasteiger partial charge in [-0.3, -0.25) is 4.79 Å². The molecule has 3 aromatic rings. The SMILES string of the molecule is CCOC(=O)Cc1ccc(OC)c(-c2ccc(C(F)(F)F)cc2C(CC)N=C(NC#N)Oc2ccccc2)c1. The summed E-state index contributed by atoms with van der Waals surface area (Å²) in [5, 5.41) is 11.6. The Labute approximate surface area is 224 Å². The lowest BCUT2D eigenvalue weighted by Crippen LogP contribution is -2.25. The zero-order chi connectivity index (χ0) is 28.4. The van der Waals surface area contributed by atoms with Crippen LogP contribution in [0.4, 0.5) is 13.2 Å². The van der Waals surface area contributed by atoms with Crippen molar-refractivity contribution < 1.29 is 32.2 Å². The average Bonchev–Trinajstić information content (AvgIpc) is 2.91. The molecule has 0 spiro atoms. The summed E-state index contributed by atoms with van der Waals surface area (Å²) in [7, 11) is 1.45. The third-order valence-corrected chi connectivity index (χ3v) is 5.73. The van der Waals surface area contributed by atoms with Gasteiger partial charge in [0.05, 0.1) is 31.7 Å². The molecule has 0 aliphatic rings. The van der Waals surface area contributed by atoms with Gasteiger partial charge in [-0.05, 0) is 66.4 Å². The molecule has 39 heavy (non-hydrogen) atoms. The van der Waals surface area contributed by atoms with E-state index in [0.29, 0.717) is 28.2 Å². The molecular formula is C29H28F3N3O4. The van der Waals surface area contributed by atoms with Crippen molar-refractivity contribution in [3.8, 4) is 28.8 Å². The van der Waals surface area contributed by atoms with E-state index in [1.54, 1.807) is 68.6 Å². The lowest BCUT2D eigenvalue weighted by Gasteiger charge is -2.21. The minimum Gasteiger partial charge on any atom is -0.496 e. The number of methoxy groups -OCH3 is 1. The van der Waals surface area contributed by atoms with Crippen molar-refractivity contribution in [3.63, 3.8) is 0 Å². The van der Waals surface area contributed by atoms with E-state index >= 15 is 0 Å². The molecule has 3 rings (SSSR count). The summed E-state index contributed by atoms with van der Waals surface area (Å²) in [6.07, 6.45) is -2.57. The van der Waals surface area contributed by atoms with Gasteiger partial charge in [0.2, 0.25) is 0 Å². The van der Waals surface area contributed by atoms with Gasteiger partial charge < -0.3 is 14.2 Å². The first-order valence-corrected chi connectivity index (χ1v) is 12.2. The number of carbonyl (C=O) groups is 1. The van der Waals surface area contributed by atoms with E-state index < -0.39 is 23.8 Å². The van der Waals surface area contributed by atoms with E-state index in [1.807, 2.05) is 0 Å². The minimum absolute atomic E-state index is 0.0166. The van der Waals surface area contributed by atoms with Crippen molar-refractivity contribution in [1.29, 1.82) is 5.26 Å². The van der Waals surface area contributed by atoms with Crippen molar-refractivity contribution >= 4 is 12.0 Å². The molecule has 10 heteroatoms. The van der Waals surface area contributed by atoms with E-state index in [-0.39, 0.29) is 31.0 Å². The Balaban J connectivity index is 2.17. The number of aliphatic imine (C=N–C) groups is 1. The third kappa shape index (κ3) is 7.74. The largest absolute Gasteiger partial charge is 0.496 e. The highest BCUT2D eigenvalue weighted by Gasteiger charge is 2.32. The topological polar surface area (TPSA) is 92.9 Å². The summed E-state index contributed by atoms with van der Waals surface area (Å²) in [6.45, 7) is 3.69. The number of ether oxygens (including phenoxy) is 3. The number of hydrogen-bond acceptors (Lipinski definition) is 6. The molecule has 0 heterocycles. The van der Waals surface area contributed by atoms with Crippen molar-refractivity contribution in [1.82, 2.24) is 5.32 Å². The molecule has 0 aliphatic carbocycles. The number of carbonyl (C=O) groups excluding carboxylic acids is 1. The number of alkyl halides is 3. The van der Waals surface area contributed by atoms with Crippen LogP contribution in [0.15, 0.2) is 71.7 Å². The summed E-state index contributed by atoms with van der Waals surface area (Å²) >= 11 is 0. The molecule has 0 amide bonds. The van der Waals surface area contributed by atoms with Gasteiger partial charge in [-0.15, -0.1) is 0 Å². The molecular weight excluding hydrogens is 511 g/mol. The van der Waals surface area contributed by atoms with Gasteiger partial charge in [-0.2, -0.15) is 18.4 Å². The highest BCUT2D eigenvalue weighted by Crippen LogP contribution is 2.41. The van der Waals surface area contributed by atoms with Crippen molar-refractivity contribution in [2.75, 3.05) is 13.7 Å². The number of hydrogen-bond donors (Lipinski definition) is 1. The summed E-state index contributed by atoms with van der Waals surface area (Å²) < 4.78 is 57.6. The molecule has 1 atom stereocenters. The van der Waals surface area contributed by atoms with Crippen LogP contribution >= 0.6 is 0 Å². The van der Waals surface area contributed by atoms with Crippen LogP contribution in [0, 0.1) is 11.5 Å². The second-order valence-corrected chi connectivity index (χ2v) is 8.33. The predicted molar refractivity (Wildman–Crippen MR) is 140 cm³/mol. The molecule has 0 saturated carbocycles. The summed E-state index contributed by atoms with van der Waals surface area (Å²) in [5.74, 6) is 0.368. The maximum absolute atomic E-state index is 13.8. The Bertz CT molecular complexity index is 1350. The number of halogens is 3. The van der Waals surface area contributed by atoms with Crippen molar-refractivity contribution in [2.45, 2.75) is 38.9 Å². The zero-order valence-corrected chi connectivity index (χ0v) is 21.7. The second-order valence-electron chi connectivity index (χ2n) is 8.33. The molecule has 0 fully saturated rings. The van der Waals surface area contributed by atoms with Gasteiger partial charge in [0.25, 0.3) is 0 Å². The molecule has 0 saturated heterocycles. The number of nitrogens with one attached hydrogen (secondary N) is 1. The van der Waals surface area contributed by atoms with Crippen LogP contribution in [0.3, 0.4) is 0 Å². The number of nitrogens with zero attached hydrogens (tertiary/aromatic N) is 2. The van der Waals surface area contributed by atoms with Crippen LogP contribution < -0.4 is 14.8 Å². The highest BCUT2D eigenvalue weighted by molar-refractivity contribution is 5.80. The smallest absolute Gasteiger partial charge is 0.416 e. The quantitative estimate of drug-likeness (QED) is 0.111. The molecule has 0 aromatic heterocycles. The fourth-order valence-electron chi connectivity index (χ4n) is 3.97. The average molecular weight is 540 g/mol. The van der Waals surface area contributed by atoms with Crippen LogP contribution in [-0.2, 0) is 22.1 Å². The number of nitriles is 1. The van der Waals surface area contributed by atoms with Crippen LogP contribution in [-0.4, -0.2) is 25.7 Å². The van der Waals surface area contributed by atoms with Gasteiger partial charge in [-0.25, -0.2) is 10.3 Å². The monoisotopic (exact) mass is 539 g/mol. The number of rotatable bonds is 9. The summed E-state index contributed by atoms with van der Waals surface area (Å²) in [4.78, 5) is 16.6. The van der Waals surface area contributed by atoms with Crippen LogP contribution in [0.5, 0.6) is 11.5 Å². The third-order valence-electron chi connectivity index (χ3n) is 5.73. The predicted octanol–water partition coefficient (Wildman–Crippen LogP) is 6.44. The molecule has 204 valence electrons. The molecule has 0 radical (unpaired) electrons. The Morgan fingerprint density at radius 2 is 1.79 bits per heavy atom. The Hall–Kier alpha value is -4.52. The minimum atomic E-state index is -4.60. The molecule has 1 N–H and O–H groups in total. The highest BCUT2D eigenvalue weighted by atomic mass is 19.4. The summed E-state index contributed by atoms with van der Waals surface area (Å²) in [6, 6.07) is 16.0. The molecule has 0 bridgehead atoms. The second kappa shape index (κ2) is 13.3. The number of amidine groups is 1. The first-order valence-electron chi connectivity index (χ1n) is 12.2. The number of benzene rings is 3. The van der Waals surface area contributed by atoms with Gasteiger partial charge >= 0.3 is 18.2 Å². The van der Waals surface area contributed by atoms with E-state index in [2.05, 4.69) is 10.3 Å². The van der Waals surface area contributed by atoms with Gasteiger partial charge in [-0.1, -0.05) is 37.3 Å². The summed E-state index contributed by atoms with van der Waals surface area (Å²) in [5.41, 5.74) is 0.904. The molecule has 7 nitrogen and oxygen atoms in total. The molecule has 1 unspecified atom stereocenters. The van der Waals surface area contributed by atoms with Crippen LogP contribution in [0.2, 0.25) is 0 Å². The van der Waals surface area contributed by atoms with Crippen LogP contribution in [0.1, 0.15) is 43.0 Å². The van der Waals surface area contributed by atoms with E-state index in [0.717, 1.165) is 12.1 Å². The number of para-hydroxylation sites is 1. The normalized spacial score (nSPS) is 12.3. The van der Waals surface area contributed by atoms with Gasteiger partial charge in [0.15, 0.2) is 6.19 Å². The Morgan fingerprint density at radius 3 is 2.41 bits per heavy atom. The van der Waals surface area contributed by atoms with E-state index in [1.165, 1.54) is 13.2 Å². The van der Waals surface area contributed by atoms with E-state index in [4.69, 9.17) is 14.2 Å². The first kappa shape index (κ1) is 29.0. The lowest BCUT2D eigenvalue weighted by molar-refractivity contribution is -0.142. The standard InChI is InChI=1S/C29H28F3N3O4/c1-4-25(35-28(34-18-33)39-21-9-7-6-8-10-21)23-17-20(29(30,31)32)12-13-22(23)24-15-19(11-14-26(24)37-3)16-27(36)38-5-2/h6-15,17,25H,4-5,16H2,1-3H3,(H,34,35). The zero-order valence-electron chi connectivity index (χ0n) is 21.7. The van der Waals surface area contributed by atoms with Crippen molar-refractivity contribution in [2.24, 2.45) is 4.99 Å². The maximum atomic E-state index is 13.8. The number of esters is 1. The van der Waals surface area contributed by atoms with Crippen LogP contribution in [0.25, 0.3) is 11.1 Å². The van der Waals surface area contributed by atoms with Crippen molar-refractivity contribution in [3.05, 3.63) is 83.4 Å². The van der Waals surface area contributed by atoms with E-state index in [9.17, 15) is 23.2 Å². The van der Waals surface area contributed by atoms with Gasteiger partial charge in [0, 0.05) is 5.56 Å². The Morgan fingerprint density at radius 1 is 1.05 bits per heavy atom. The molecule has 3 aromatic carbocycles. The lowest BCUT2D eigenvalue weighted by atomic mass is 9.90.